The van der Waals surface area contributed by atoms with Gasteiger partial charge in [-0.2, -0.15) is 0 Å². The zero-order valence-corrected chi connectivity index (χ0v) is 12.0. The van der Waals surface area contributed by atoms with Crippen LogP contribution in [-0.2, 0) is 5.54 Å². The zero-order valence-electron chi connectivity index (χ0n) is 10.4. The molecule has 0 aromatic heterocycles. The van der Waals surface area contributed by atoms with Crippen molar-refractivity contribution in [2.24, 2.45) is 5.73 Å². The molecule has 0 unspecified atom stereocenters. The number of benzene rings is 2. The lowest BCUT2D eigenvalue weighted by Gasteiger charge is -2.46. The molecule has 3 rings (SSSR count). The predicted octanol–water partition coefficient (Wildman–Crippen LogP) is 4.73. The van der Waals surface area contributed by atoms with Gasteiger partial charge in [-0.3, -0.25) is 0 Å². The van der Waals surface area contributed by atoms with Crippen molar-refractivity contribution < 1.29 is 0 Å². The van der Waals surface area contributed by atoms with Gasteiger partial charge in [-0.15, -0.1) is 0 Å². The molecule has 2 N–H and O–H groups in total. The van der Waals surface area contributed by atoms with E-state index in [1.165, 1.54) is 5.56 Å². The maximum absolute atomic E-state index is 6.48. The van der Waals surface area contributed by atoms with E-state index in [9.17, 15) is 0 Å². The molecule has 1 aliphatic carbocycles. The molecule has 3 heteroatoms. The van der Waals surface area contributed by atoms with Crippen molar-refractivity contribution in [1.29, 1.82) is 0 Å². The number of hydrogen-bond donors (Lipinski definition) is 1. The van der Waals surface area contributed by atoms with E-state index in [-0.39, 0.29) is 5.54 Å². The van der Waals surface area contributed by atoms with Crippen LogP contribution in [-0.4, -0.2) is 0 Å². The molecule has 0 atom stereocenters. The van der Waals surface area contributed by atoms with Gasteiger partial charge in [0.05, 0.1) is 0 Å². The molecule has 1 saturated carbocycles. The monoisotopic (exact) mass is 291 g/mol. The van der Waals surface area contributed by atoms with E-state index in [0.717, 1.165) is 18.4 Å². The van der Waals surface area contributed by atoms with E-state index in [1.54, 1.807) is 6.07 Å². The molecule has 0 saturated heterocycles. The highest BCUT2D eigenvalue weighted by Gasteiger charge is 2.43. The Morgan fingerprint density at radius 3 is 2.32 bits per heavy atom. The average molecular weight is 292 g/mol. The number of hydrogen-bond acceptors (Lipinski definition) is 1. The normalized spacial score (nSPS) is 25.9. The van der Waals surface area contributed by atoms with Gasteiger partial charge in [0, 0.05) is 15.6 Å². The van der Waals surface area contributed by atoms with Crippen molar-refractivity contribution in [3.8, 4) is 0 Å². The highest BCUT2D eigenvalue weighted by atomic mass is 35.5. The van der Waals surface area contributed by atoms with Crippen LogP contribution in [0.5, 0.6) is 0 Å². The number of nitrogens with two attached hydrogens (primary N) is 1. The summed E-state index contributed by atoms with van der Waals surface area (Å²) in [5, 5.41) is 1.32. The smallest absolute Gasteiger partial charge is 0.0471 e. The van der Waals surface area contributed by atoms with E-state index in [0.29, 0.717) is 16.0 Å². The largest absolute Gasteiger partial charge is 0.321 e. The topological polar surface area (TPSA) is 26.0 Å². The highest BCUT2D eigenvalue weighted by Crippen LogP contribution is 2.50. The lowest BCUT2D eigenvalue weighted by molar-refractivity contribution is 0.209. The van der Waals surface area contributed by atoms with Crippen molar-refractivity contribution in [2.75, 3.05) is 0 Å². The van der Waals surface area contributed by atoms with Crippen LogP contribution in [0, 0.1) is 0 Å². The van der Waals surface area contributed by atoms with Gasteiger partial charge < -0.3 is 5.73 Å². The summed E-state index contributed by atoms with van der Waals surface area (Å²) < 4.78 is 0. The molecule has 1 aliphatic rings. The summed E-state index contributed by atoms with van der Waals surface area (Å²) >= 11 is 12.2. The minimum Gasteiger partial charge on any atom is -0.321 e. The molecule has 0 aliphatic heterocycles. The van der Waals surface area contributed by atoms with Gasteiger partial charge in [-0.05, 0) is 42.0 Å². The maximum atomic E-state index is 6.48. The summed E-state index contributed by atoms with van der Waals surface area (Å²) in [5.74, 6) is 0.526. The van der Waals surface area contributed by atoms with Crippen molar-refractivity contribution >= 4 is 23.2 Å². The standard InChI is InChI=1S/C16H15Cl2N/c17-13-6-7-14(15(18)8-13)16(19)9-12(10-16)11-4-2-1-3-5-11/h1-8,12H,9-10,19H2. The molecule has 98 valence electrons. The first-order chi connectivity index (χ1) is 9.08. The van der Waals surface area contributed by atoms with Crippen LogP contribution in [0.1, 0.15) is 29.9 Å². The Morgan fingerprint density at radius 1 is 1.00 bits per heavy atom. The average Bonchev–Trinajstić information content (AvgIpc) is 2.36. The molecule has 19 heavy (non-hydrogen) atoms. The summed E-state index contributed by atoms with van der Waals surface area (Å²) in [6.07, 6.45) is 1.86. The van der Waals surface area contributed by atoms with Crippen LogP contribution in [0.4, 0.5) is 0 Å². The van der Waals surface area contributed by atoms with E-state index < -0.39 is 0 Å². The summed E-state index contributed by atoms with van der Waals surface area (Å²) in [6, 6.07) is 16.1. The second-order valence-electron chi connectivity index (χ2n) is 5.30. The number of rotatable bonds is 2. The third kappa shape index (κ3) is 2.38. The fourth-order valence-corrected chi connectivity index (χ4v) is 3.49. The minimum atomic E-state index is -0.317. The molecule has 1 nitrogen and oxygen atoms in total. The van der Waals surface area contributed by atoms with Crippen molar-refractivity contribution in [2.45, 2.75) is 24.3 Å². The zero-order chi connectivity index (χ0) is 13.5. The summed E-state index contributed by atoms with van der Waals surface area (Å²) in [5.41, 5.74) is 8.52. The van der Waals surface area contributed by atoms with Gasteiger partial charge >= 0.3 is 0 Å². The van der Waals surface area contributed by atoms with E-state index in [4.69, 9.17) is 28.9 Å². The molecule has 1 fully saturated rings. The van der Waals surface area contributed by atoms with Crippen molar-refractivity contribution in [1.82, 2.24) is 0 Å². The number of halogens is 2. The van der Waals surface area contributed by atoms with Crippen LogP contribution in [0.15, 0.2) is 48.5 Å². The van der Waals surface area contributed by atoms with Gasteiger partial charge in [-0.1, -0.05) is 59.6 Å². The third-order valence-corrected chi connectivity index (χ3v) is 4.51. The fraction of sp³-hybridized carbons (Fsp3) is 0.250. The third-order valence-electron chi connectivity index (χ3n) is 3.96. The van der Waals surface area contributed by atoms with Gasteiger partial charge in [0.15, 0.2) is 0 Å². The minimum absolute atomic E-state index is 0.317. The van der Waals surface area contributed by atoms with Crippen LogP contribution < -0.4 is 5.73 Å². The van der Waals surface area contributed by atoms with Crippen LogP contribution >= 0.6 is 23.2 Å². The Morgan fingerprint density at radius 2 is 1.68 bits per heavy atom. The first-order valence-corrected chi connectivity index (χ1v) is 7.13. The van der Waals surface area contributed by atoms with Crippen LogP contribution in [0.25, 0.3) is 0 Å². The molecule has 0 spiro atoms. The summed E-state index contributed by atoms with van der Waals surface area (Å²) in [4.78, 5) is 0. The Kier molecular flexibility index (Phi) is 3.30. The van der Waals surface area contributed by atoms with E-state index in [1.807, 2.05) is 18.2 Å². The second-order valence-corrected chi connectivity index (χ2v) is 6.14. The molecule has 0 bridgehead atoms. The van der Waals surface area contributed by atoms with E-state index in [2.05, 4.69) is 24.3 Å². The Labute approximate surface area is 123 Å². The summed E-state index contributed by atoms with van der Waals surface area (Å²) in [6.45, 7) is 0. The molecule has 2 aromatic rings. The van der Waals surface area contributed by atoms with Gasteiger partial charge in [0.25, 0.3) is 0 Å². The SMILES string of the molecule is NC1(c2ccc(Cl)cc2Cl)CC(c2ccccc2)C1. The quantitative estimate of drug-likeness (QED) is 0.851. The Balaban J connectivity index is 1.81. The first kappa shape index (κ1) is 13.0. The Hall–Kier alpha value is -1.02. The Bertz CT molecular complexity index is 589. The lowest BCUT2D eigenvalue weighted by atomic mass is 9.63. The van der Waals surface area contributed by atoms with Gasteiger partial charge in [0.1, 0.15) is 0 Å². The highest BCUT2D eigenvalue weighted by molar-refractivity contribution is 6.35. The van der Waals surface area contributed by atoms with Gasteiger partial charge in [-0.25, -0.2) is 0 Å². The molecule has 0 amide bonds. The molecule has 2 aromatic carbocycles. The van der Waals surface area contributed by atoms with Gasteiger partial charge in [0.2, 0.25) is 0 Å². The van der Waals surface area contributed by atoms with Crippen LogP contribution in [0.2, 0.25) is 10.0 Å². The lowest BCUT2D eigenvalue weighted by Crippen LogP contribution is -2.48. The van der Waals surface area contributed by atoms with Crippen LogP contribution in [0.3, 0.4) is 0 Å². The summed E-state index contributed by atoms with van der Waals surface area (Å²) in [7, 11) is 0. The maximum Gasteiger partial charge on any atom is 0.0471 e. The predicted molar refractivity (Wildman–Crippen MR) is 80.7 cm³/mol. The van der Waals surface area contributed by atoms with Crippen molar-refractivity contribution in [3.05, 3.63) is 69.7 Å². The van der Waals surface area contributed by atoms with E-state index >= 15 is 0 Å². The van der Waals surface area contributed by atoms with Crippen molar-refractivity contribution in [3.63, 3.8) is 0 Å². The molecule has 0 radical (unpaired) electrons. The molecule has 0 heterocycles. The molecular formula is C16H15Cl2N. The molecular weight excluding hydrogens is 277 g/mol. The fourth-order valence-electron chi connectivity index (χ4n) is 2.89. The second kappa shape index (κ2) is 4.82. The first-order valence-electron chi connectivity index (χ1n) is 6.38.